The van der Waals surface area contributed by atoms with Crippen molar-refractivity contribution < 1.29 is 9.47 Å². The average Bonchev–Trinajstić information content (AvgIpc) is 3.18. The van der Waals surface area contributed by atoms with Crippen LogP contribution in [0.3, 0.4) is 0 Å². The summed E-state index contributed by atoms with van der Waals surface area (Å²) in [6, 6.07) is 11.4. The van der Waals surface area contributed by atoms with E-state index in [0.717, 1.165) is 5.75 Å². The third-order valence-electron chi connectivity index (χ3n) is 4.09. The lowest BCUT2D eigenvalue weighted by molar-refractivity contribution is 0.217. The summed E-state index contributed by atoms with van der Waals surface area (Å²) in [6.45, 7) is 7.22. The van der Waals surface area contributed by atoms with Gasteiger partial charge in [0.15, 0.2) is 0 Å². The van der Waals surface area contributed by atoms with E-state index < -0.39 is 0 Å². The molecule has 29 heavy (non-hydrogen) atoms. The molecule has 0 spiro atoms. The smallest absolute Gasteiger partial charge is 0.147 e. The SMILES string of the molecule is CC(C)(C)c1ccc(OCCOc2c(Cl)cc(Cl)cc2C=Nn2cnnc2)cc1. The fourth-order valence-corrected chi connectivity index (χ4v) is 3.13. The number of rotatable bonds is 7. The number of hydrogen-bond donors (Lipinski definition) is 0. The van der Waals surface area contributed by atoms with Crippen molar-refractivity contribution in [3.8, 4) is 11.5 Å². The highest BCUT2D eigenvalue weighted by molar-refractivity contribution is 6.36. The van der Waals surface area contributed by atoms with Gasteiger partial charge in [-0.2, -0.15) is 5.10 Å². The van der Waals surface area contributed by atoms with Gasteiger partial charge >= 0.3 is 0 Å². The van der Waals surface area contributed by atoms with Crippen LogP contribution in [0.5, 0.6) is 11.5 Å². The maximum atomic E-state index is 6.31. The van der Waals surface area contributed by atoms with Gasteiger partial charge in [0.2, 0.25) is 0 Å². The summed E-state index contributed by atoms with van der Waals surface area (Å²) < 4.78 is 13.1. The monoisotopic (exact) mass is 432 g/mol. The molecular formula is C21H22Cl2N4O2. The molecule has 0 bridgehead atoms. The topological polar surface area (TPSA) is 61.5 Å². The van der Waals surface area contributed by atoms with E-state index in [1.165, 1.54) is 22.9 Å². The summed E-state index contributed by atoms with van der Waals surface area (Å²) in [5.41, 5.74) is 2.01. The van der Waals surface area contributed by atoms with E-state index in [4.69, 9.17) is 32.7 Å². The zero-order valence-corrected chi connectivity index (χ0v) is 18.0. The van der Waals surface area contributed by atoms with Crippen molar-refractivity contribution in [2.45, 2.75) is 26.2 Å². The van der Waals surface area contributed by atoms with Crippen molar-refractivity contribution >= 4 is 29.4 Å². The highest BCUT2D eigenvalue weighted by Gasteiger charge is 2.13. The lowest BCUT2D eigenvalue weighted by atomic mass is 9.87. The molecule has 0 amide bonds. The van der Waals surface area contributed by atoms with Crippen LogP contribution in [-0.2, 0) is 5.41 Å². The van der Waals surface area contributed by atoms with Gasteiger partial charge in [-0.1, -0.05) is 56.1 Å². The van der Waals surface area contributed by atoms with E-state index in [2.05, 4.69) is 48.2 Å². The van der Waals surface area contributed by atoms with Crippen LogP contribution in [-0.4, -0.2) is 34.3 Å². The Kier molecular flexibility index (Phi) is 6.77. The lowest BCUT2D eigenvalue weighted by Crippen LogP contribution is -2.12. The van der Waals surface area contributed by atoms with Crippen LogP contribution in [0.2, 0.25) is 10.0 Å². The first-order valence-electron chi connectivity index (χ1n) is 9.07. The fourth-order valence-electron chi connectivity index (χ4n) is 2.57. The second-order valence-electron chi connectivity index (χ2n) is 7.36. The highest BCUT2D eigenvalue weighted by atomic mass is 35.5. The molecule has 0 unspecified atom stereocenters. The Balaban J connectivity index is 1.61. The molecule has 6 nitrogen and oxygen atoms in total. The fraction of sp³-hybridized carbons (Fsp3) is 0.286. The van der Waals surface area contributed by atoms with Gasteiger partial charge in [0, 0.05) is 10.6 Å². The molecule has 1 heterocycles. The highest BCUT2D eigenvalue weighted by Crippen LogP contribution is 2.31. The van der Waals surface area contributed by atoms with Crippen molar-refractivity contribution in [1.82, 2.24) is 14.9 Å². The molecule has 0 saturated carbocycles. The third kappa shape index (κ3) is 5.95. The number of benzene rings is 2. The average molecular weight is 433 g/mol. The van der Waals surface area contributed by atoms with Crippen molar-refractivity contribution in [2.75, 3.05) is 13.2 Å². The van der Waals surface area contributed by atoms with Gasteiger partial charge in [0.1, 0.15) is 37.4 Å². The Hall–Kier alpha value is -2.57. The van der Waals surface area contributed by atoms with Crippen molar-refractivity contribution in [2.24, 2.45) is 5.10 Å². The van der Waals surface area contributed by atoms with E-state index in [0.29, 0.717) is 34.6 Å². The Bertz CT molecular complexity index is 966. The van der Waals surface area contributed by atoms with Crippen LogP contribution in [0.25, 0.3) is 0 Å². The molecule has 0 fully saturated rings. The molecule has 3 rings (SSSR count). The van der Waals surface area contributed by atoms with Gasteiger partial charge in [-0.15, -0.1) is 10.2 Å². The lowest BCUT2D eigenvalue weighted by Gasteiger charge is -2.19. The Morgan fingerprint density at radius 3 is 2.31 bits per heavy atom. The first-order chi connectivity index (χ1) is 13.8. The molecule has 2 aromatic carbocycles. The van der Waals surface area contributed by atoms with Gasteiger partial charge in [-0.25, -0.2) is 4.68 Å². The Morgan fingerprint density at radius 1 is 1.00 bits per heavy atom. The quantitative estimate of drug-likeness (QED) is 0.379. The van der Waals surface area contributed by atoms with Gasteiger partial charge in [0.25, 0.3) is 0 Å². The summed E-state index contributed by atoms with van der Waals surface area (Å²) in [6.07, 6.45) is 4.53. The van der Waals surface area contributed by atoms with Gasteiger partial charge < -0.3 is 9.47 Å². The maximum absolute atomic E-state index is 6.31. The summed E-state index contributed by atoms with van der Waals surface area (Å²) in [4.78, 5) is 0. The van der Waals surface area contributed by atoms with Crippen molar-refractivity contribution in [3.63, 3.8) is 0 Å². The molecule has 3 aromatic rings. The molecule has 0 atom stereocenters. The van der Waals surface area contributed by atoms with Crippen molar-refractivity contribution in [1.29, 1.82) is 0 Å². The second kappa shape index (κ2) is 9.29. The summed E-state index contributed by atoms with van der Waals surface area (Å²) in [7, 11) is 0. The van der Waals surface area contributed by atoms with Crippen LogP contribution in [0.1, 0.15) is 31.9 Å². The van der Waals surface area contributed by atoms with E-state index in [9.17, 15) is 0 Å². The van der Waals surface area contributed by atoms with Crippen LogP contribution in [0, 0.1) is 0 Å². The molecule has 1 aromatic heterocycles. The van der Waals surface area contributed by atoms with E-state index in [1.54, 1.807) is 18.3 Å². The molecule has 0 aliphatic rings. The third-order valence-corrected chi connectivity index (χ3v) is 4.59. The van der Waals surface area contributed by atoms with Gasteiger partial charge in [0.05, 0.1) is 11.2 Å². The minimum atomic E-state index is 0.109. The number of aromatic nitrogens is 3. The van der Waals surface area contributed by atoms with E-state index >= 15 is 0 Å². The predicted octanol–water partition coefficient (Wildman–Crippen LogP) is 5.22. The van der Waals surface area contributed by atoms with Gasteiger partial charge in [-0.3, -0.25) is 0 Å². The zero-order chi connectivity index (χ0) is 20.9. The van der Waals surface area contributed by atoms with Gasteiger partial charge in [-0.05, 0) is 35.2 Å². The first kappa shape index (κ1) is 21.1. The zero-order valence-electron chi connectivity index (χ0n) is 16.5. The second-order valence-corrected chi connectivity index (χ2v) is 8.21. The minimum absolute atomic E-state index is 0.109. The normalized spacial score (nSPS) is 11.8. The molecule has 0 N–H and O–H groups in total. The summed E-state index contributed by atoms with van der Waals surface area (Å²) >= 11 is 12.4. The largest absolute Gasteiger partial charge is 0.490 e. The predicted molar refractivity (Wildman–Crippen MR) is 116 cm³/mol. The van der Waals surface area contributed by atoms with Crippen LogP contribution in [0.15, 0.2) is 54.2 Å². The van der Waals surface area contributed by atoms with E-state index in [-0.39, 0.29) is 5.41 Å². The number of halogens is 2. The maximum Gasteiger partial charge on any atom is 0.147 e. The van der Waals surface area contributed by atoms with Crippen LogP contribution in [0.4, 0.5) is 0 Å². The molecule has 0 aliphatic heterocycles. The Morgan fingerprint density at radius 2 is 1.66 bits per heavy atom. The van der Waals surface area contributed by atoms with Crippen LogP contribution >= 0.6 is 23.2 Å². The molecule has 152 valence electrons. The van der Waals surface area contributed by atoms with Crippen LogP contribution < -0.4 is 9.47 Å². The molecule has 0 radical (unpaired) electrons. The summed E-state index contributed by atoms with van der Waals surface area (Å²) in [5.74, 6) is 1.28. The standard InChI is InChI=1S/C21H22Cl2N4O2/c1-21(2,3)16-4-6-18(7-5-16)28-8-9-29-20-15(10-17(22)11-19(20)23)12-26-27-13-24-25-14-27/h4-7,10-14H,8-9H2,1-3H3. The minimum Gasteiger partial charge on any atom is -0.490 e. The molecule has 8 heteroatoms. The summed E-state index contributed by atoms with van der Waals surface area (Å²) in [5, 5.41) is 12.5. The van der Waals surface area contributed by atoms with E-state index in [1.807, 2.05) is 12.1 Å². The van der Waals surface area contributed by atoms with Crippen molar-refractivity contribution in [3.05, 3.63) is 70.2 Å². The number of hydrogen-bond acceptors (Lipinski definition) is 5. The molecule has 0 aliphatic carbocycles. The first-order valence-corrected chi connectivity index (χ1v) is 9.83. The molecular weight excluding hydrogens is 411 g/mol. The number of nitrogens with zero attached hydrogens (tertiary/aromatic N) is 4. The number of ether oxygens (including phenoxy) is 2. The molecule has 0 saturated heterocycles. The Labute approximate surface area is 180 Å².